The van der Waals surface area contributed by atoms with E-state index in [2.05, 4.69) is 10.2 Å². The highest BCUT2D eigenvalue weighted by molar-refractivity contribution is 5.94. The van der Waals surface area contributed by atoms with Crippen LogP contribution in [0.4, 0.5) is 10.5 Å². The first-order valence-electron chi connectivity index (χ1n) is 11.4. The van der Waals surface area contributed by atoms with E-state index < -0.39 is 10.5 Å². The second-order valence-electron chi connectivity index (χ2n) is 9.24. The van der Waals surface area contributed by atoms with Crippen molar-refractivity contribution in [2.75, 3.05) is 32.7 Å². The van der Waals surface area contributed by atoms with Crippen LogP contribution in [0.1, 0.15) is 55.2 Å². The van der Waals surface area contributed by atoms with Crippen molar-refractivity contribution in [3.63, 3.8) is 0 Å². The number of hydrogen-bond acceptors (Lipinski definition) is 6. The first-order valence-corrected chi connectivity index (χ1v) is 11.4. The number of piperazine rings is 1. The van der Waals surface area contributed by atoms with Crippen LogP contribution >= 0.6 is 0 Å². The van der Waals surface area contributed by atoms with Gasteiger partial charge in [-0.2, -0.15) is 0 Å². The Morgan fingerprint density at radius 1 is 1.06 bits per heavy atom. The number of rotatable bonds is 6. The molecule has 2 aromatic rings. The Bertz CT molecular complexity index is 1020. The van der Waals surface area contributed by atoms with E-state index in [1.807, 2.05) is 45.9 Å². The Kier molecular flexibility index (Phi) is 7.88. The first-order chi connectivity index (χ1) is 16.1. The van der Waals surface area contributed by atoms with Crippen LogP contribution in [-0.2, 0) is 4.74 Å². The molecule has 1 atom stereocenters. The molecule has 1 unspecified atom stereocenters. The molecule has 1 fully saturated rings. The quantitative estimate of drug-likeness (QED) is 0.508. The number of benzene rings is 2. The van der Waals surface area contributed by atoms with Gasteiger partial charge in [-0.3, -0.25) is 19.8 Å². The van der Waals surface area contributed by atoms with Gasteiger partial charge in [-0.15, -0.1) is 0 Å². The number of nitrogens with one attached hydrogen (secondary N) is 1. The topological polar surface area (TPSA) is 105 Å². The maximum atomic E-state index is 12.5. The molecular formula is C25H32N4O5. The van der Waals surface area contributed by atoms with Crippen molar-refractivity contribution in [2.24, 2.45) is 0 Å². The van der Waals surface area contributed by atoms with Gasteiger partial charge < -0.3 is 15.0 Å². The van der Waals surface area contributed by atoms with Crippen molar-refractivity contribution >= 4 is 17.7 Å². The lowest BCUT2D eigenvalue weighted by atomic mass is 9.95. The van der Waals surface area contributed by atoms with Crippen LogP contribution in [-0.4, -0.2) is 65.0 Å². The molecule has 0 spiro atoms. The normalized spacial score (nSPS) is 15.5. The van der Waals surface area contributed by atoms with Crippen LogP contribution in [0, 0.1) is 10.1 Å². The van der Waals surface area contributed by atoms with Crippen molar-refractivity contribution in [3.8, 4) is 0 Å². The summed E-state index contributed by atoms with van der Waals surface area (Å²) in [6, 6.07) is 13.6. The molecule has 1 aliphatic rings. The number of non-ortho nitro benzene ring substituents is 1. The molecule has 1 saturated heterocycles. The zero-order valence-corrected chi connectivity index (χ0v) is 20.1. The van der Waals surface area contributed by atoms with E-state index in [0.717, 1.165) is 11.1 Å². The molecule has 0 bridgehead atoms. The summed E-state index contributed by atoms with van der Waals surface area (Å²) in [4.78, 5) is 39.5. The van der Waals surface area contributed by atoms with E-state index in [9.17, 15) is 19.7 Å². The SMILES string of the molecule is CCNC(=O)c1ccc(C(c2cccc([N+](=O)[O-])c2)N2CCN(C(=O)OC(C)(C)C)CC2)cc1. The van der Waals surface area contributed by atoms with Gasteiger partial charge in [0.25, 0.3) is 11.6 Å². The molecule has 1 N–H and O–H groups in total. The van der Waals surface area contributed by atoms with Gasteiger partial charge in [-0.1, -0.05) is 24.3 Å². The number of hydrogen-bond donors (Lipinski definition) is 1. The van der Waals surface area contributed by atoms with Crippen LogP contribution < -0.4 is 5.32 Å². The van der Waals surface area contributed by atoms with Crippen LogP contribution in [0.5, 0.6) is 0 Å². The van der Waals surface area contributed by atoms with Gasteiger partial charge in [-0.05, 0) is 51.0 Å². The summed E-state index contributed by atoms with van der Waals surface area (Å²) in [6.45, 7) is 10.0. The van der Waals surface area contributed by atoms with Crippen molar-refractivity contribution in [3.05, 3.63) is 75.3 Å². The average molecular weight is 469 g/mol. The van der Waals surface area contributed by atoms with Crippen molar-refractivity contribution in [2.45, 2.75) is 39.3 Å². The Morgan fingerprint density at radius 2 is 1.71 bits per heavy atom. The molecule has 34 heavy (non-hydrogen) atoms. The molecule has 2 aromatic carbocycles. The van der Waals surface area contributed by atoms with E-state index in [1.54, 1.807) is 29.2 Å². The van der Waals surface area contributed by atoms with Crippen LogP contribution in [0.25, 0.3) is 0 Å². The maximum absolute atomic E-state index is 12.5. The third-order valence-corrected chi connectivity index (χ3v) is 5.55. The molecule has 2 amide bonds. The van der Waals surface area contributed by atoms with Gasteiger partial charge in [0.05, 0.1) is 11.0 Å². The number of nitro benzene ring substituents is 1. The highest BCUT2D eigenvalue weighted by Crippen LogP contribution is 2.32. The van der Waals surface area contributed by atoms with E-state index in [0.29, 0.717) is 38.3 Å². The Hall–Kier alpha value is -3.46. The summed E-state index contributed by atoms with van der Waals surface area (Å²) in [5.41, 5.74) is 1.71. The first kappa shape index (κ1) is 25.2. The second-order valence-corrected chi connectivity index (χ2v) is 9.24. The summed E-state index contributed by atoms with van der Waals surface area (Å²) in [5, 5.41) is 14.2. The van der Waals surface area contributed by atoms with Gasteiger partial charge in [0, 0.05) is 50.4 Å². The molecule has 0 saturated carbocycles. The fourth-order valence-electron chi connectivity index (χ4n) is 3.99. The lowest BCUT2D eigenvalue weighted by molar-refractivity contribution is -0.384. The smallest absolute Gasteiger partial charge is 0.410 e. The van der Waals surface area contributed by atoms with Gasteiger partial charge >= 0.3 is 6.09 Å². The predicted molar refractivity (Wildman–Crippen MR) is 129 cm³/mol. The fraction of sp³-hybridized carbons (Fsp3) is 0.440. The minimum absolute atomic E-state index is 0.0221. The Morgan fingerprint density at radius 3 is 2.26 bits per heavy atom. The summed E-state index contributed by atoms with van der Waals surface area (Å²) in [5.74, 6) is -0.146. The van der Waals surface area contributed by atoms with Crippen LogP contribution in [0.2, 0.25) is 0 Å². The monoisotopic (exact) mass is 468 g/mol. The maximum Gasteiger partial charge on any atom is 0.410 e. The van der Waals surface area contributed by atoms with E-state index in [-0.39, 0.29) is 23.7 Å². The van der Waals surface area contributed by atoms with Crippen molar-refractivity contribution in [1.82, 2.24) is 15.1 Å². The Labute approximate surface area is 199 Å². The van der Waals surface area contributed by atoms with Gasteiger partial charge in [-0.25, -0.2) is 4.79 Å². The average Bonchev–Trinajstić information content (AvgIpc) is 2.79. The summed E-state index contributed by atoms with van der Waals surface area (Å²) in [6.07, 6.45) is -0.342. The standard InChI is InChI=1S/C25H32N4O5/c1-5-26-23(30)19-11-9-18(10-12-19)22(20-7-6-8-21(17-20)29(32)33)27-13-15-28(16-14-27)24(31)34-25(2,3)4/h6-12,17,22H,5,13-16H2,1-4H3,(H,26,30). The molecule has 1 heterocycles. The molecule has 9 nitrogen and oxygen atoms in total. The minimum atomic E-state index is -0.564. The van der Waals surface area contributed by atoms with Crippen LogP contribution in [0.3, 0.4) is 0 Å². The van der Waals surface area contributed by atoms with E-state index in [4.69, 9.17) is 4.74 Å². The highest BCUT2D eigenvalue weighted by atomic mass is 16.6. The largest absolute Gasteiger partial charge is 0.444 e. The lowest BCUT2D eigenvalue weighted by Crippen LogP contribution is -2.51. The van der Waals surface area contributed by atoms with Gasteiger partial charge in [0.15, 0.2) is 0 Å². The number of nitro groups is 1. The van der Waals surface area contributed by atoms with Crippen molar-refractivity contribution in [1.29, 1.82) is 0 Å². The number of nitrogens with zero attached hydrogens (tertiary/aromatic N) is 3. The summed E-state index contributed by atoms with van der Waals surface area (Å²) < 4.78 is 5.50. The molecule has 0 aromatic heterocycles. The number of carbonyl (C=O) groups excluding carboxylic acids is 2. The van der Waals surface area contributed by atoms with E-state index in [1.165, 1.54) is 6.07 Å². The number of amides is 2. The van der Waals surface area contributed by atoms with Gasteiger partial charge in [0.1, 0.15) is 5.60 Å². The number of carbonyl (C=O) groups is 2. The lowest BCUT2D eigenvalue weighted by Gasteiger charge is -2.40. The molecule has 3 rings (SSSR count). The zero-order chi connectivity index (χ0) is 24.9. The van der Waals surface area contributed by atoms with E-state index >= 15 is 0 Å². The molecular weight excluding hydrogens is 436 g/mol. The molecule has 9 heteroatoms. The zero-order valence-electron chi connectivity index (χ0n) is 20.1. The molecule has 0 radical (unpaired) electrons. The Balaban J connectivity index is 1.86. The predicted octanol–water partition coefficient (Wildman–Crippen LogP) is 3.99. The summed E-state index contributed by atoms with van der Waals surface area (Å²) in [7, 11) is 0. The second kappa shape index (κ2) is 10.6. The molecule has 1 aliphatic heterocycles. The van der Waals surface area contributed by atoms with Crippen molar-refractivity contribution < 1.29 is 19.2 Å². The molecule has 0 aliphatic carbocycles. The number of ether oxygens (including phenoxy) is 1. The van der Waals surface area contributed by atoms with Crippen LogP contribution in [0.15, 0.2) is 48.5 Å². The molecule has 182 valence electrons. The third-order valence-electron chi connectivity index (χ3n) is 5.55. The summed E-state index contributed by atoms with van der Waals surface area (Å²) >= 11 is 0. The third kappa shape index (κ3) is 6.32. The fourth-order valence-corrected chi connectivity index (χ4v) is 3.99. The highest BCUT2D eigenvalue weighted by Gasteiger charge is 2.31. The van der Waals surface area contributed by atoms with Gasteiger partial charge in [0.2, 0.25) is 0 Å². The minimum Gasteiger partial charge on any atom is -0.444 e.